The standard InChI is InChI=1S/C21H26IN3O4S/c1-30(27,28)25(20-7-5-19(22)6-8-20)16-21(26)23-14-17-3-2-4-18(13-17)15-24-9-11-29-12-10-24/h2-8,13H,9-12,14-16H2,1H3,(H,23,26). The van der Waals surface area contributed by atoms with Crippen molar-refractivity contribution in [2.75, 3.05) is 43.4 Å². The highest BCUT2D eigenvalue weighted by molar-refractivity contribution is 14.1. The second-order valence-electron chi connectivity index (χ2n) is 7.23. The second-order valence-corrected chi connectivity index (χ2v) is 10.4. The molecule has 3 rings (SSSR count). The largest absolute Gasteiger partial charge is 0.379 e. The maximum atomic E-state index is 12.5. The van der Waals surface area contributed by atoms with Crippen molar-refractivity contribution in [1.29, 1.82) is 0 Å². The molecule has 0 aliphatic carbocycles. The zero-order valence-corrected chi connectivity index (χ0v) is 19.9. The van der Waals surface area contributed by atoms with Crippen molar-refractivity contribution in [3.8, 4) is 0 Å². The van der Waals surface area contributed by atoms with Crippen molar-refractivity contribution in [3.63, 3.8) is 0 Å². The van der Waals surface area contributed by atoms with Gasteiger partial charge in [-0.3, -0.25) is 14.0 Å². The highest BCUT2D eigenvalue weighted by Crippen LogP contribution is 2.19. The molecule has 0 spiro atoms. The second kappa shape index (κ2) is 10.6. The highest BCUT2D eigenvalue weighted by atomic mass is 127. The molecule has 1 fully saturated rings. The molecular formula is C21H26IN3O4S. The maximum absolute atomic E-state index is 12.5. The van der Waals surface area contributed by atoms with Gasteiger partial charge >= 0.3 is 0 Å². The fourth-order valence-corrected chi connectivity index (χ4v) is 4.47. The number of sulfonamides is 1. The van der Waals surface area contributed by atoms with Gasteiger partial charge in [-0.25, -0.2) is 8.42 Å². The summed E-state index contributed by atoms with van der Waals surface area (Å²) in [7, 11) is -3.58. The van der Waals surface area contributed by atoms with Gasteiger partial charge in [0.15, 0.2) is 0 Å². The summed E-state index contributed by atoms with van der Waals surface area (Å²) in [5.74, 6) is -0.349. The van der Waals surface area contributed by atoms with E-state index in [4.69, 9.17) is 4.74 Å². The number of hydrogen-bond acceptors (Lipinski definition) is 5. The molecule has 0 saturated carbocycles. The van der Waals surface area contributed by atoms with Crippen molar-refractivity contribution >= 4 is 44.2 Å². The Balaban J connectivity index is 1.58. The molecule has 0 aromatic heterocycles. The van der Waals surface area contributed by atoms with Gasteiger partial charge in [0.05, 0.1) is 25.2 Å². The zero-order valence-electron chi connectivity index (χ0n) is 16.9. The molecule has 0 unspecified atom stereocenters. The smallest absolute Gasteiger partial charge is 0.241 e. The van der Waals surface area contributed by atoms with Crippen LogP contribution < -0.4 is 9.62 Å². The van der Waals surface area contributed by atoms with Crippen LogP contribution in [0.1, 0.15) is 11.1 Å². The minimum absolute atomic E-state index is 0.257. The van der Waals surface area contributed by atoms with E-state index in [9.17, 15) is 13.2 Å². The number of morpholine rings is 1. The van der Waals surface area contributed by atoms with Crippen molar-refractivity contribution < 1.29 is 17.9 Å². The van der Waals surface area contributed by atoms with Gasteiger partial charge in [-0.1, -0.05) is 24.3 Å². The molecule has 1 saturated heterocycles. The molecule has 30 heavy (non-hydrogen) atoms. The molecule has 2 aromatic rings. The van der Waals surface area contributed by atoms with E-state index in [0.717, 1.165) is 52.5 Å². The Kier molecular flexibility index (Phi) is 8.09. The Morgan fingerprint density at radius 1 is 1.13 bits per heavy atom. The molecule has 162 valence electrons. The summed E-state index contributed by atoms with van der Waals surface area (Å²) in [4.78, 5) is 14.8. The zero-order chi connectivity index (χ0) is 21.6. The average Bonchev–Trinajstić information content (AvgIpc) is 2.72. The molecule has 0 atom stereocenters. The SMILES string of the molecule is CS(=O)(=O)N(CC(=O)NCc1cccc(CN2CCOCC2)c1)c1ccc(I)cc1. The van der Waals surface area contributed by atoms with Gasteiger partial charge in [-0.2, -0.15) is 0 Å². The van der Waals surface area contributed by atoms with Gasteiger partial charge < -0.3 is 10.1 Å². The van der Waals surface area contributed by atoms with E-state index in [1.807, 2.05) is 24.3 Å². The van der Waals surface area contributed by atoms with Gasteiger partial charge in [0, 0.05) is 29.7 Å². The third kappa shape index (κ3) is 6.93. The predicted molar refractivity (Wildman–Crippen MR) is 126 cm³/mol. The van der Waals surface area contributed by atoms with Crippen LogP contribution in [0.25, 0.3) is 0 Å². The maximum Gasteiger partial charge on any atom is 0.241 e. The Morgan fingerprint density at radius 2 is 1.80 bits per heavy atom. The number of carbonyl (C=O) groups is 1. The minimum Gasteiger partial charge on any atom is -0.379 e. The summed E-state index contributed by atoms with van der Waals surface area (Å²) in [6.45, 7) is 4.29. The van der Waals surface area contributed by atoms with E-state index < -0.39 is 10.0 Å². The summed E-state index contributed by atoms with van der Waals surface area (Å²) in [5.41, 5.74) is 2.63. The molecule has 1 heterocycles. The van der Waals surface area contributed by atoms with E-state index in [-0.39, 0.29) is 12.5 Å². The van der Waals surface area contributed by atoms with Gasteiger partial charge in [0.1, 0.15) is 6.54 Å². The lowest BCUT2D eigenvalue weighted by Gasteiger charge is -2.26. The van der Waals surface area contributed by atoms with Gasteiger partial charge in [-0.15, -0.1) is 0 Å². The average molecular weight is 543 g/mol. The molecule has 0 bridgehead atoms. The van der Waals surface area contributed by atoms with E-state index in [1.165, 1.54) is 5.56 Å². The number of halogens is 1. The van der Waals surface area contributed by atoms with Crippen LogP contribution in [0.2, 0.25) is 0 Å². The number of rotatable bonds is 8. The first kappa shape index (κ1) is 23.0. The number of hydrogen-bond donors (Lipinski definition) is 1. The lowest BCUT2D eigenvalue weighted by molar-refractivity contribution is -0.119. The van der Waals surface area contributed by atoms with Crippen molar-refractivity contribution in [2.24, 2.45) is 0 Å². The summed E-state index contributed by atoms with van der Waals surface area (Å²) < 4.78 is 31.9. The van der Waals surface area contributed by atoms with E-state index in [0.29, 0.717) is 12.2 Å². The molecule has 1 aliphatic rings. The third-order valence-electron chi connectivity index (χ3n) is 4.79. The Hall–Kier alpha value is -1.69. The lowest BCUT2D eigenvalue weighted by atomic mass is 10.1. The van der Waals surface area contributed by atoms with Crippen LogP contribution in [0.15, 0.2) is 48.5 Å². The molecule has 1 amide bonds. The van der Waals surface area contributed by atoms with Crippen molar-refractivity contribution in [3.05, 3.63) is 63.2 Å². The Bertz CT molecular complexity index is 960. The number of amides is 1. The van der Waals surface area contributed by atoms with Crippen LogP contribution in [0, 0.1) is 3.57 Å². The summed E-state index contributed by atoms with van der Waals surface area (Å²) in [6, 6.07) is 15.1. The van der Waals surface area contributed by atoms with Crippen LogP contribution in [-0.4, -0.2) is 58.3 Å². The summed E-state index contributed by atoms with van der Waals surface area (Å²) in [5, 5.41) is 2.83. The number of ether oxygens (including phenoxy) is 1. The van der Waals surface area contributed by atoms with Crippen LogP contribution >= 0.6 is 22.6 Å². The summed E-state index contributed by atoms with van der Waals surface area (Å²) in [6.07, 6.45) is 1.10. The number of nitrogens with zero attached hydrogens (tertiary/aromatic N) is 2. The third-order valence-corrected chi connectivity index (χ3v) is 6.65. The van der Waals surface area contributed by atoms with Crippen LogP contribution in [0.4, 0.5) is 5.69 Å². The quantitative estimate of drug-likeness (QED) is 0.517. The van der Waals surface area contributed by atoms with Gasteiger partial charge in [-0.05, 0) is 58.0 Å². The molecule has 9 heteroatoms. The fourth-order valence-electron chi connectivity index (χ4n) is 3.25. The Labute approximate surface area is 191 Å². The minimum atomic E-state index is -3.58. The fraction of sp³-hybridized carbons (Fsp3) is 0.381. The first-order valence-electron chi connectivity index (χ1n) is 9.69. The molecule has 1 aliphatic heterocycles. The van der Waals surface area contributed by atoms with E-state index >= 15 is 0 Å². The molecule has 1 N–H and O–H groups in total. The molecule has 0 radical (unpaired) electrons. The number of carbonyl (C=O) groups excluding carboxylic acids is 1. The van der Waals surface area contributed by atoms with E-state index in [2.05, 4.69) is 44.9 Å². The Morgan fingerprint density at radius 3 is 2.47 bits per heavy atom. The lowest BCUT2D eigenvalue weighted by Crippen LogP contribution is -2.40. The van der Waals surface area contributed by atoms with Crippen molar-refractivity contribution in [2.45, 2.75) is 13.1 Å². The number of anilines is 1. The van der Waals surface area contributed by atoms with E-state index in [1.54, 1.807) is 12.1 Å². The normalized spacial score (nSPS) is 15.0. The first-order valence-corrected chi connectivity index (χ1v) is 12.6. The summed E-state index contributed by atoms with van der Waals surface area (Å²) >= 11 is 2.15. The van der Waals surface area contributed by atoms with Crippen LogP contribution in [-0.2, 0) is 32.6 Å². The van der Waals surface area contributed by atoms with Gasteiger partial charge in [0.25, 0.3) is 0 Å². The number of nitrogens with one attached hydrogen (secondary N) is 1. The monoisotopic (exact) mass is 543 g/mol. The molecular weight excluding hydrogens is 517 g/mol. The highest BCUT2D eigenvalue weighted by Gasteiger charge is 2.20. The van der Waals surface area contributed by atoms with Crippen LogP contribution in [0.5, 0.6) is 0 Å². The predicted octanol–water partition coefficient (Wildman–Crippen LogP) is 2.21. The number of benzene rings is 2. The first-order chi connectivity index (χ1) is 14.3. The van der Waals surface area contributed by atoms with Crippen molar-refractivity contribution in [1.82, 2.24) is 10.2 Å². The topological polar surface area (TPSA) is 79.0 Å². The van der Waals surface area contributed by atoms with Crippen LogP contribution in [0.3, 0.4) is 0 Å². The molecule has 2 aromatic carbocycles. The molecule has 7 nitrogen and oxygen atoms in total. The van der Waals surface area contributed by atoms with Gasteiger partial charge in [0.2, 0.25) is 15.9 Å².